The minimum absolute atomic E-state index is 0.00280. The first-order valence-corrected chi connectivity index (χ1v) is 10.5. The molecule has 8 heteroatoms. The molecule has 1 heterocycles. The predicted octanol–water partition coefficient (Wildman–Crippen LogP) is 6.80. The van der Waals surface area contributed by atoms with Crippen LogP contribution in [0.2, 0.25) is 0 Å². The van der Waals surface area contributed by atoms with E-state index in [4.69, 9.17) is 4.42 Å². The van der Waals surface area contributed by atoms with E-state index in [0.29, 0.717) is 23.3 Å². The first-order valence-electron chi connectivity index (χ1n) is 9.24. The largest absolute Gasteiger partial charge is 0.472 e. The Balaban J connectivity index is 0.00000122. The second-order valence-corrected chi connectivity index (χ2v) is 6.96. The van der Waals surface area contributed by atoms with Crippen molar-refractivity contribution in [3.63, 3.8) is 0 Å². The number of Topliss-reactive ketones (excluding diaryl/α,β-unsaturated/α-hetero) is 1. The van der Waals surface area contributed by atoms with E-state index in [0.717, 1.165) is 6.08 Å². The molecule has 0 unspecified atom stereocenters. The number of furan rings is 1. The summed E-state index contributed by atoms with van der Waals surface area (Å²) >= 11 is 1.29. The molecular weight excluding hydrogens is 415 g/mol. The molecule has 0 atom stereocenters. The van der Waals surface area contributed by atoms with E-state index < -0.39 is 11.7 Å². The van der Waals surface area contributed by atoms with Gasteiger partial charge in [-0.15, -0.1) is 0 Å². The molecule has 0 fully saturated rings. The van der Waals surface area contributed by atoms with Crippen molar-refractivity contribution in [1.29, 1.82) is 0 Å². The standard InChI is InChI=1S/C18H20F3NO2.C4H8OS/c1-5-14(15-7-8-24-11-15)10-17(18(19,20)21)13(4)22-16(6-2)9-12(3)23;1-3-4(5)6-2/h5-8,10-11H,9H2,1-4H3;3H2,1-2H3/b14-5+,16-6-,17-10+,22-13-;. The first-order chi connectivity index (χ1) is 14.0. The lowest BCUT2D eigenvalue weighted by Crippen LogP contribution is -2.19. The zero-order chi connectivity index (χ0) is 23.3. The minimum atomic E-state index is -4.57. The maximum Gasteiger partial charge on any atom is 0.418 e. The monoisotopic (exact) mass is 443 g/mol. The van der Waals surface area contributed by atoms with Crippen LogP contribution >= 0.6 is 11.8 Å². The molecule has 0 radical (unpaired) electrons. The van der Waals surface area contributed by atoms with E-state index >= 15 is 0 Å². The summed E-state index contributed by atoms with van der Waals surface area (Å²) in [6, 6.07) is 1.58. The number of ketones is 1. The second-order valence-electron chi connectivity index (χ2n) is 6.10. The van der Waals surface area contributed by atoms with Gasteiger partial charge in [-0.3, -0.25) is 14.6 Å². The Morgan fingerprint density at radius 2 is 1.83 bits per heavy atom. The van der Waals surface area contributed by atoms with Crippen molar-refractivity contribution in [2.24, 2.45) is 4.99 Å². The van der Waals surface area contributed by atoms with Gasteiger partial charge in [-0.25, -0.2) is 0 Å². The summed E-state index contributed by atoms with van der Waals surface area (Å²) in [5.74, 6) is -0.162. The van der Waals surface area contributed by atoms with Crippen LogP contribution in [0.1, 0.15) is 53.0 Å². The van der Waals surface area contributed by atoms with E-state index in [1.54, 1.807) is 32.2 Å². The number of thioether (sulfide) groups is 1. The van der Waals surface area contributed by atoms with Crippen molar-refractivity contribution in [3.05, 3.63) is 53.7 Å². The van der Waals surface area contributed by atoms with Gasteiger partial charge in [-0.1, -0.05) is 30.8 Å². The molecule has 0 amide bonds. The quantitative estimate of drug-likeness (QED) is 0.343. The number of carbonyl (C=O) groups excluding carboxylic acids is 2. The van der Waals surface area contributed by atoms with Gasteiger partial charge in [0.2, 0.25) is 0 Å². The van der Waals surface area contributed by atoms with E-state index in [9.17, 15) is 22.8 Å². The number of allylic oxidation sites excluding steroid dienone is 6. The third-order valence-corrected chi connectivity index (χ3v) is 4.50. The van der Waals surface area contributed by atoms with Crippen LogP contribution in [0, 0.1) is 0 Å². The van der Waals surface area contributed by atoms with Gasteiger partial charge in [0.1, 0.15) is 5.78 Å². The topological polar surface area (TPSA) is 59.6 Å². The minimum Gasteiger partial charge on any atom is -0.472 e. The Kier molecular flexibility index (Phi) is 12.7. The van der Waals surface area contributed by atoms with Gasteiger partial charge in [0.05, 0.1) is 18.1 Å². The molecule has 0 bridgehead atoms. The Hall–Kier alpha value is -2.35. The molecule has 4 nitrogen and oxygen atoms in total. The molecule has 0 N–H and O–H groups in total. The van der Waals surface area contributed by atoms with Gasteiger partial charge < -0.3 is 4.42 Å². The van der Waals surface area contributed by atoms with Gasteiger partial charge in [-0.05, 0) is 51.7 Å². The fourth-order valence-corrected chi connectivity index (χ4v) is 2.48. The molecule has 0 aliphatic carbocycles. The number of aliphatic imine (C=N–C) groups is 1. The van der Waals surface area contributed by atoms with Crippen LogP contribution < -0.4 is 0 Å². The zero-order valence-corrected chi connectivity index (χ0v) is 18.9. The molecule has 0 aliphatic heterocycles. The SMILES string of the molecule is CCC(=O)SC.C\C=C(CC(C)=O)/N=C(C)\C(=C/C(=C\C)c1ccoc1)C(F)(F)F. The lowest BCUT2D eigenvalue weighted by Gasteiger charge is -2.13. The molecule has 166 valence electrons. The summed E-state index contributed by atoms with van der Waals surface area (Å²) in [7, 11) is 0. The van der Waals surface area contributed by atoms with Gasteiger partial charge in [0.25, 0.3) is 0 Å². The zero-order valence-electron chi connectivity index (χ0n) is 18.1. The summed E-state index contributed by atoms with van der Waals surface area (Å²) in [5.41, 5.74) is 0.168. The van der Waals surface area contributed by atoms with Crippen molar-refractivity contribution in [2.75, 3.05) is 6.26 Å². The van der Waals surface area contributed by atoms with Crippen LogP contribution in [-0.2, 0) is 9.59 Å². The maximum atomic E-state index is 13.4. The Bertz CT molecular complexity index is 811. The van der Waals surface area contributed by atoms with E-state index in [1.165, 1.54) is 44.2 Å². The van der Waals surface area contributed by atoms with Crippen molar-refractivity contribution < 1.29 is 27.2 Å². The fraction of sp³-hybridized carbons (Fsp3) is 0.409. The Morgan fingerprint density at radius 3 is 2.17 bits per heavy atom. The molecule has 0 aliphatic rings. The van der Waals surface area contributed by atoms with Crippen LogP contribution in [0.25, 0.3) is 5.57 Å². The van der Waals surface area contributed by atoms with E-state index in [-0.39, 0.29) is 23.0 Å². The summed E-state index contributed by atoms with van der Waals surface area (Å²) in [5, 5.41) is 0.259. The highest BCUT2D eigenvalue weighted by molar-refractivity contribution is 8.13. The second kappa shape index (κ2) is 13.8. The fourth-order valence-electron chi connectivity index (χ4n) is 2.19. The molecule has 0 aromatic carbocycles. The summed E-state index contributed by atoms with van der Waals surface area (Å²) in [4.78, 5) is 25.3. The molecule has 0 saturated carbocycles. The lowest BCUT2D eigenvalue weighted by atomic mass is 10.0. The molecule has 1 aromatic heterocycles. The van der Waals surface area contributed by atoms with E-state index in [2.05, 4.69) is 4.99 Å². The first kappa shape index (κ1) is 27.7. The van der Waals surface area contributed by atoms with Crippen LogP contribution in [0.5, 0.6) is 0 Å². The number of rotatable bonds is 7. The molecule has 30 heavy (non-hydrogen) atoms. The normalized spacial score (nSPS) is 13.6. The van der Waals surface area contributed by atoms with Crippen LogP contribution in [0.3, 0.4) is 0 Å². The highest BCUT2D eigenvalue weighted by Gasteiger charge is 2.35. The van der Waals surface area contributed by atoms with Crippen molar-refractivity contribution in [3.8, 4) is 0 Å². The summed E-state index contributed by atoms with van der Waals surface area (Å²) < 4.78 is 45.2. The predicted molar refractivity (Wildman–Crippen MR) is 117 cm³/mol. The van der Waals surface area contributed by atoms with Crippen LogP contribution in [-0.4, -0.2) is 29.0 Å². The molecule has 0 saturated heterocycles. The van der Waals surface area contributed by atoms with E-state index in [1.807, 2.05) is 6.92 Å². The highest BCUT2D eigenvalue weighted by Crippen LogP contribution is 2.31. The summed E-state index contributed by atoms with van der Waals surface area (Å²) in [6.07, 6.45) is 4.78. The number of carbonyl (C=O) groups is 2. The number of halogens is 3. The van der Waals surface area contributed by atoms with Crippen molar-refractivity contribution in [1.82, 2.24) is 0 Å². The van der Waals surface area contributed by atoms with Crippen molar-refractivity contribution >= 4 is 33.9 Å². The van der Waals surface area contributed by atoms with Crippen LogP contribution in [0.4, 0.5) is 13.2 Å². The third kappa shape index (κ3) is 10.4. The van der Waals surface area contributed by atoms with Crippen LogP contribution in [0.15, 0.2) is 57.5 Å². The summed E-state index contributed by atoms with van der Waals surface area (Å²) in [6.45, 7) is 7.79. The molecule has 1 rings (SSSR count). The average molecular weight is 444 g/mol. The third-order valence-electron chi connectivity index (χ3n) is 3.75. The number of nitrogens with zero attached hydrogens (tertiary/aromatic N) is 1. The molecular formula is C22H28F3NO3S. The van der Waals surface area contributed by atoms with Crippen molar-refractivity contribution in [2.45, 2.75) is 53.6 Å². The lowest BCUT2D eigenvalue weighted by molar-refractivity contribution is -0.116. The van der Waals surface area contributed by atoms with Gasteiger partial charge >= 0.3 is 6.18 Å². The maximum absolute atomic E-state index is 13.4. The Labute approximate surface area is 180 Å². The molecule has 0 spiro atoms. The molecule has 1 aromatic rings. The van der Waals surface area contributed by atoms with Gasteiger partial charge in [-0.2, -0.15) is 13.2 Å². The Morgan fingerprint density at radius 1 is 1.20 bits per heavy atom. The number of hydrogen-bond acceptors (Lipinski definition) is 5. The number of hydrogen-bond donors (Lipinski definition) is 0. The average Bonchev–Trinajstić information content (AvgIpc) is 3.21. The number of alkyl halides is 3. The van der Waals surface area contributed by atoms with Gasteiger partial charge in [0.15, 0.2) is 5.12 Å². The highest BCUT2D eigenvalue weighted by atomic mass is 32.2. The van der Waals surface area contributed by atoms with Gasteiger partial charge in [0, 0.05) is 29.8 Å². The smallest absolute Gasteiger partial charge is 0.418 e.